The quantitative estimate of drug-likeness (QED) is 0.0245. The largest absolute Gasteiger partial charge is 0.472 e. The number of phosphoric ester groups is 1. The molecular formula is C47H94N2O6P+. The third-order valence-electron chi connectivity index (χ3n) is 10.7. The zero-order chi connectivity index (χ0) is 41.4. The van der Waals surface area contributed by atoms with Crippen molar-refractivity contribution in [1.82, 2.24) is 5.32 Å². The molecular weight excluding hydrogens is 719 g/mol. The molecule has 0 aromatic rings. The highest BCUT2D eigenvalue weighted by molar-refractivity contribution is 7.47. The van der Waals surface area contributed by atoms with Crippen LogP contribution >= 0.6 is 7.82 Å². The van der Waals surface area contributed by atoms with Gasteiger partial charge < -0.3 is 19.8 Å². The van der Waals surface area contributed by atoms with Gasteiger partial charge in [0.05, 0.1) is 39.9 Å². The molecule has 0 aromatic carbocycles. The molecule has 0 rings (SSSR count). The van der Waals surface area contributed by atoms with Crippen LogP contribution in [-0.2, 0) is 18.4 Å². The highest BCUT2D eigenvalue weighted by Gasteiger charge is 2.27. The van der Waals surface area contributed by atoms with Crippen molar-refractivity contribution in [3.63, 3.8) is 0 Å². The minimum absolute atomic E-state index is 0.0624. The number of likely N-dealkylation sites (N-methyl/N-ethyl adjacent to an activating group) is 1. The molecule has 9 heteroatoms. The van der Waals surface area contributed by atoms with Gasteiger partial charge in [-0.15, -0.1) is 0 Å². The number of allylic oxidation sites excluding steroid dienone is 3. The van der Waals surface area contributed by atoms with Crippen LogP contribution in [0.5, 0.6) is 0 Å². The Kier molecular flexibility index (Phi) is 38.7. The van der Waals surface area contributed by atoms with Crippen LogP contribution in [0.4, 0.5) is 0 Å². The molecule has 3 atom stereocenters. The molecule has 0 fully saturated rings. The van der Waals surface area contributed by atoms with E-state index < -0.39 is 20.0 Å². The summed E-state index contributed by atoms with van der Waals surface area (Å²) >= 11 is 0. The SMILES string of the molecule is CCCCCCCC/C=C\CCCCCCCCCCCC(=O)NC(COP(=O)(O)OCC[N+](C)(C)C)C(O)/C=C/CCCCCCCCCCCCCCC. The van der Waals surface area contributed by atoms with E-state index >= 15 is 0 Å². The molecule has 0 aromatic heterocycles. The average molecular weight is 814 g/mol. The lowest BCUT2D eigenvalue weighted by Gasteiger charge is -2.25. The molecule has 332 valence electrons. The summed E-state index contributed by atoms with van der Waals surface area (Å²) in [6.07, 6.45) is 46.7. The Balaban J connectivity index is 4.36. The Bertz CT molecular complexity index is 969. The third-order valence-corrected chi connectivity index (χ3v) is 11.6. The van der Waals surface area contributed by atoms with Crippen LogP contribution in [0.2, 0.25) is 0 Å². The molecule has 0 saturated heterocycles. The van der Waals surface area contributed by atoms with Crippen LogP contribution in [0.15, 0.2) is 24.3 Å². The first kappa shape index (κ1) is 55.0. The number of quaternary nitrogens is 1. The Morgan fingerprint density at radius 2 is 0.964 bits per heavy atom. The minimum Gasteiger partial charge on any atom is -0.387 e. The van der Waals surface area contributed by atoms with Gasteiger partial charge >= 0.3 is 7.82 Å². The average Bonchev–Trinajstić information content (AvgIpc) is 3.15. The zero-order valence-corrected chi connectivity index (χ0v) is 38.5. The van der Waals surface area contributed by atoms with Crippen molar-refractivity contribution in [3.8, 4) is 0 Å². The fourth-order valence-corrected chi connectivity index (χ4v) is 7.60. The van der Waals surface area contributed by atoms with Gasteiger partial charge in [-0.25, -0.2) is 4.57 Å². The number of nitrogens with one attached hydrogen (secondary N) is 1. The van der Waals surface area contributed by atoms with E-state index in [-0.39, 0.29) is 19.1 Å². The van der Waals surface area contributed by atoms with E-state index in [4.69, 9.17) is 9.05 Å². The lowest BCUT2D eigenvalue weighted by Crippen LogP contribution is -2.45. The number of hydrogen-bond acceptors (Lipinski definition) is 5. The van der Waals surface area contributed by atoms with Crippen molar-refractivity contribution in [2.75, 3.05) is 40.9 Å². The molecule has 3 N–H and O–H groups in total. The van der Waals surface area contributed by atoms with Crippen LogP contribution in [0.3, 0.4) is 0 Å². The van der Waals surface area contributed by atoms with Crippen molar-refractivity contribution in [2.24, 2.45) is 0 Å². The summed E-state index contributed by atoms with van der Waals surface area (Å²) in [6, 6.07) is -0.844. The van der Waals surface area contributed by atoms with Gasteiger partial charge in [-0.05, 0) is 44.9 Å². The second kappa shape index (κ2) is 39.4. The molecule has 8 nitrogen and oxygen atoms in total. The first-order chi connectivity index (χ1) is 27.0. The van der Waals surface area contributed by atoms with Gasteiger partial charge in [-0.2, -0.15) is 0 Å². The van der Waals surface area contributed by atoms with E-state index in [9.17, 15) is 19.4 Å². The third kappa shape index (κ3) is 41.2. The summed E-state index contributed by atoms with van der Waals surface area (Å²) < 4.78 is 23.6. The molecule has 0 heterocycles. The van der Waals surface area contributed by atoms with E-state index in [0.717, 1.165) is 38.5 Å². The first-order valence-corrected chi connectivity index (χ1v) is 25.2. The number of aliphatic hydroxyl groups excluding tert-OH is 1. The molecule has 0 bridgehead atoms. The number of rotatable bonds is 43. The highest BCUT2D eigenvalue weighted by atomic mass is 31.2. The molecule has 0 aliphatic rings. The van der Waals surface area contributed by atoms with Crippen LogP contribution in [-0.4, -0.2) is 73.4 Å². The van der Waals surface area contributed by atoms with Crippen LogP contribution in [0.1, 0.15) is 219 Å². The van der Waals surface area contributed by atoms with Crippen molar-refractivity contribution in [3.05, 3.63) is 24.3 Å². The number of unbranched alkanes of at least 4 members (excludes halogenated alkanes) is 28. The van der Waals surface area contributed by atoms with E-state index in [1.807, 2.05) is 27.2 Å². The number of carbonyl (C=O) groups excluding carboxylic acids is 1. The van der Waals surface area contributed by atoms with E-state index in [1.165, 1.54) is 161 Å². The maximum Gasteiger partial charge on any atom is 0.472 e. The second-order valence-corrected chi connectivity index (χ2v) is 18.9. The predicted molar refractivity (Wildman–Crippen MR) is 240 cm³/mol. The molecule has 0 aliphatic heterocycles. The van der Waals surface area contributed by atoms with E-state index in [0.29, 0.717) is 17.4 Å². The lowest BCUT2D eigenvalue weighted by atomic mass is 10.0. The standard InChI is InChI=1S/C47H93N2O6P/c1-6-8-10-12-14-16-18-20-22-23-24-25-27-29-31-33-35-37-39-41-47(51)48-45(44-55-56(52,53)54-43-42-49(3,4)5)46(50)40-38-36-34-32-30-28-26-21-19-17-15-13-11-9-7-2/h20,22,38,40,45-46,50H,6-19,21,23-37,39,41-44H2,1-5H3,(H-,48,51,52,53)/p+1/b22-20-,40-38+. The van der Waals surface area contributed by atoms with Crippen LogP contribution < -0.4 is 5.32 Å². The van der Waals surface area contributed by atoms with Crippen LogP contribution in [0.25, 0.3) is 0 Å². The van der Waals surface area contributed by atoms with Crippen LogP contribution in [0, 0.1) is 0 Å². The Labute approximate surface area is 347 Å². The van der Waals surface area contributed by atoms with Gasteiger partial charge in [-0.1, -0.05) is 192 Å². The fourth-order valence-electron chi connectivity index (χ4n) is 6.86. The topological polar surface area (TPSA) is 105 Å². The number of nitrogens with zero attached hydrogens (tertiary/aromatic N) is 1. The number of aliphatic hydroxyl groups is 1. The summed E-state index contributed by atoms with van der Waals surface area (Å²) in [5.41, 5.74) is 0. The minimum atomic E-state index is -4.34. The fraction of sp³-hybridized carbons (Fsp3) is 0.894. The smallest absolute Gasteiger partial charge is 0.387 e. The predicted octanol–water partition coefficient (Wildman–Crippen LogP) is 13.3. The summed E-state index contributed by atoms with van der Waals surface area (Å²) in [7, 11) is 1.58. The summed E-state index contributed by atoms with van der Waals surface area (Å²) in [6.45, 7) is 4.82. The summed E-state index contributed by atoms with van der Waals surface area (Å²) in [4.78, 5) is 23.1. The van der Waals surface area contributed by atoms with E-state index in [1.54, 1.807) is 6.08 Å². The first-order valence-electron chi connectivity index (χ1n) is 23.7. The van der Waals surface area contributed by atoms with Crippen molar-refractivity contribution >= 4 is 13.7 Å². The normalized spacial score (nSPS) is 14.5. The molecule has 0 spiro atoms. The van der Waals surface area contributed by atoms with Crippen molar-refractivity contribution in [1.29, 1.82) is 0 Å². The second-order valence-electron chi connectivity index (χ2n) is 17.5. The Morgan fingerprint density at radius 1 is 0.589 bits per heavy atom. The van der Waals surface area contributed by atoms with Crippen molar-refractivity contribution < 1.29 is 32.9 Å². The number of phosphoric acid groups is 1. The maximum atomic E-state index is 12.9. The zero-order valence-electron chi connectivity index (χ0n) is 37.6. The summed E-state index contributed by atoms with van der Waals surface area (Å²) in [5.74, 6) is -0.178. The van der Waals surface area contributed by atoms with Gasteiger partial charge in [0.1, 0.15) is 13.2 Å². The maximum absolute atomic E-state index is 12.9. The molecule has 1 amide bonds. The molecule has 0 radical (unpaired) electrons. The monoisotopic (exact) mass is 814 g/mol. The van der Waals surface area contributed by atoms with Gasteiger partial charge in [-0.3, -0.25) is 13.8 Å². The van der Waals surface area contributed by atoms with Crippen molar-refractivity contribution in [2.45, 2.75) is 231 Å². The molecule has 56 heavy (non-hydrogen) atoms. The molecule has 0 aliphatic carbocycles. The Morgan fingerprint density at radius 3 is 1.38 bits per heavy atom. The summed E-state index contributed by atoms with van der Waals surface area (Å²) in [5, 5.41) is 13.8. The number of hydrogen-bond donors (Lipinski definition) is 3. The van der Waals surface area contributed by atoms with E-state index in [2.05, 4.69) is 31.3 Å². The van der Waals surface area contributed by atoms with Gasteiger partial charge in [0, 0.05) is 6.42 Å². The lowest BCUT2D eigenvalue weighted by molar-refractivity contribution is -0.870. The Hall–Kier alpha value is -1.02. The highest BCUT2D eigenvalue weighted by Crippen LogP contribution is 2.43. The molecule has 3 unspecified atom stereocenters. The van der Waals surface area contributed by atoms with Gasteiger partial charge in [0.2, 0.25) is 5.91 Å². The number of amides is 1. The molecule has 0 saturated carbocycles. The van der Waals surface area contributed by atoms with Gasteiger partial charge in [0.25, 0.3) is 0 Å². The number of carbonyl (C=O) groups is 1. The van der Waals surface area contributed by atoms with Gasteiger partial charge in [0.15, 0.2) is 0 Å².